The molecule has 2 rings (SSSR count). The summed E-state index contributed by atoms with van der Waals surface area (Å²) >= 11 is 0. The second-order valence-electron chi connectivity index (χ2n) is 6.42. The average Bonchev–Trinajstić information content (AvgIpc) is 2.16. The fourth-order valence-corrected chi connectivity index (χ4v) is 3.36. The van der Waals surface area contributed by atoms with E-state index in [0.717, 1.165) is 11.8 Å². The number of nitrogens with zero attached hydrogens (tertiary/aromatic N) is 1. The summed E-state index contributed by atoms with van der Waals surface area (Å²) in [5.74, 6) is 1.69. The second-order valence-corrected chi connectivity index (χ2v) is 6.42. The molecule has 0 spiro atoms. The molecule has 3 unspecified atom stereocenters. The summed E-state index contributed by atoms with van der Waals surface area (Å²) in [4.78, 5) is 2.65. The van der Waals surface area contributed by atoms with E-state index in [0.29, 0.717) is 11.6 Å². The van der Waals surface area contributed by atoms with E-state index in [1.54, 1.807) is 0 Å². The minimum Gasteiger partial charge on any atom is -0.327 e. The normalized spacial score (nSPS) is 38.8. The van der Waals surface area contributed by atoms with Crippen LogP contribution < -0.4 is 5.73 Å². The molecular weight excluding hydrogens is 184 g/mol. The molecule has 15 heavy (non-hydrogen) atoms. The van der Waals surface area contributed by atoms with Crippen molar-refractivity contribution in [3.05, 3.63) is 0 Å². The molecule has 0 aromatic rings. The quantitative estimate of drug-likeness (QED) is 0.664. The van der Waals surface area contributed by atoms with E-state index in [9.17, 15) is 0 Å². The molecule has 1 aliphatic heterocycles. The van der Waals surface area contributed by atoms with Crippen LogP contribution >= 0.6 is 0 Å². The van der Waals surface area contributed by atoms with Gasteiger partial charge in [-0.3, -0.25) is 4.90 Å². The molecule has 2 aliphatic rings. The molecular formula is C13H26N2. The summed E-state index contributed by atoms with van der Waals surface area (Å²) in [6.07, 6.45) is 5.34. The van der Waals surface area contributed by atoms with E-state index in [1.165, 1.54) is 38.8 Å². The zero-order valence-electron chi connectivity index (χ0n) is 10.5. The lowest BCUT2D eigenvalue weighted by atomic mass is 9.71. The first kappa shape index (κ1) is 11.4. The minimum atomic E-state index is 0.340. The van der Waals surface area contributed by atoms with Crippen LogP contribution in [0.3, 0.4) is 0 Å². The van der Waals surface area contributed by atoms with Crippen molar-refractivity contribution >= 4 is 0 Å². The van der Waals surface area contributed by atoms with Crippen LogP contribution in [0.2, 0.25) is 0 Å². The molecule has 2 nitrogen and oxygen atoms in total. The van der Waals surface area contributed by atoms with Crippen molar-refractivity contribution in [1.29, 1.82) is 0 Å². The molecule has 88 valence electrons. The molecule has 1 aliphatic carbocycles. The van der Waals surface area contributed by atoms with Gasteiger partial charge in [0, 0.05) is 18.1 Å². The van der Waals surface area contributed by atoms with Crippen LogP contribution in [0.1, 0.15) is 46.5 Å². The third-order valence-electron chi connectivity index (χ3n) is 4.40. The van der Waals surface area contributed by atoms with Gasteiger partial charge in [-0.05, 0) is 58.4 Å². The van der Waals surface area contributed by atoms with E-state index in [4.69, 9.17) is 5.73 Å². The Bertz CT molecular complexity index is 219. The van der Waals surface area contributed by atoms with Crippen LogP contribution in [0.15, 0.2) is 0 Å². The minimum absolute atomic E-state index is 0.340. The van der Waals surface area contributed by atoms with Crippen molar-refractivity contribution in [1.82, 2.24) is 4.90 Å². The van der Waals surface area contributed by atoms with Crippen molar-refractivity contribution in [3.8, 4) is 0 Å². The van der Waals surface area contributed by atoms with Crippen LogP contribution in [-0.2, 0) is 0 Å². The maximum Gasteiger partial charge on any atom is 0.0125 e. The number of piperidine rings is 1. The van der Waals surface area contributed by atoms with Gasteiger partial charge in [-0.2, -0.15) is 0 Å². The van der Waals surface area contributed by atoms with Gasteiger partial charge < -0.3 is 5.73 Å². The van der Waals surface area contributed by atoms with E-state index in [2.05, 4.69) is 25.7 Å². The summed E-state index contributed by atoms with van der Waals surface area (Å²) in [6.45, 7) is 9.52. The summed E-state index contributed by atoms with van der Waals surface area (Å²) in [5.41, 5.74) is 6.57. The summed E-state index contributed by atoms with van der Waals surface area (Å²) in [7, 11) is 0. The first-order chi connectivity index (χ1) is 6.98. The smallest absolute Gasteiger partial charge is 0.0125 e. The Kier molecular flexibility index (Phi) is 3.09. The maximum absolute atomic E-state index is 6.23. The number of fused-ring (bicyclic) bond motifs is 1. The lowest BCUT2D eigenvalue weighted by Crippen LogP contribution is -2.54. The topological polar surface area (TPSA) is 29.3 Å². The van der Waals surface area contributed by atoms with Gasteiger partial charge >= 0.3 is 0 Å². The lowest BCUT2D eigenvalue weighted by Gasteiger charge is -2.48. The van der Waals surface area contributed by atoms with Gasteiger partial charge in [0.2, 0.25) is 0 Å². The first-order valence-corrected chi connectivity index (χ1v) is 6.49. The highest BCUT2D eigenvalue weighted by Gasteiger charge is 2.38. The Balaban J connectivity index is 2.00. The fraction of sp³-hybridized carbons (Fsp3) is 1.00. The highest BCUT2D eigenvalue weighted by molar-refractivity contribution is 4.92. The fourth-order valence-electron chi connectivity index (χ4n) is 3.36. The number of hydrogen-bond acceptors (Lipinski definition) is 2. The molecule has 1 saturated carbocycles. The molecule has 3 atom stereocenters. The van der Waals surface area contributed by atoms with Crippen LogP contribution in [0.4, 0.5) is 0 Å². The van der Waals surface area contributed by atoms with Crippen LogP contribution in [0.5, 0.6) is 0 Å². The Labute approximate surface area is 94.2 Å². The van der Waals surface area contributed by atoms with Gasteiger partial charge in [-0.1, -0.05) is 6.42 Å². The number of rotatable bonds is 0. The third kappa shape index (κ3) is 2.36. The lowest BCUT2D eigenvalue weighted by molar-refractivity contribution is 0.0208. The molecule has 0 aromatic carbocycles. The monoisotopic (exact) mass is 210 g/mol. The third-order valence-corrected chi connectivity index (χ3v) is 4.40. The molecule has 0 radical (unpaired) electrons. The Morgan fingerprint density at radius 2 is 1.87 bits per heavy atom. The maximum atomic E-state index is 6.23. The van der Waals surface area contributed by atoms with Gasteiger partial charge in [0.05, 0.1) is 0 Å². The Hall–Kier alpha value is -0.0800. The SMILES string of the molecule is CC(C)(C)N1CCC2C(N)CCCC2C1. The standard InChI is InChI=1S/C13H26N2/c1-13(2,3)15-8-7-11-10(9-15)5-4-6-12(11)14/h10-12H,4-9,14H2,1-3H3. The molecule has 2 fully saturated rings. The van der Waals surface area contributed by atoms with Crippen molar-refractivity contribution in [3.63, 3.8) is 0 Å². The Morgan fingerprint density at radius 3 is 2.53 bits per heavy atom. The predicted molar refractivity (Wildman–Crippen MR) is 64.7 cm³/mol. The van der Waals surface area contributed by atoms with Crippen LogP contribution in [0.25, 0.3) is 0 Å². The molecule has 2 N–H and O–H groups in total. The zero-order chi connectivity index (χ0) is 11.1. The average molecular weight is 210 g/mol. The predicted octanol–water partition coefficient (Wildman–Crippen LogP) is 2.23. The van der Waals surface area contributed by atoms with Gasteiger partial charge in [0.25, 0.3) is 0 Å². The van der Waals surface area contributed by atoms with Crippen LogP contribution in [0, 0.1) is 11.8 Å². The van der Waals surface area contributed by atoms with E-state index in [-0.39, 0.29) is 0 Å². The molecule has 0 bridgehead atoms. The van der Waals surface area contributed by atoms with Gasteiger partial charge in [-0.15, -0.1) is 0 Å². The van der Waals surface area contributed by atoms with Gasteiger partial charge in [0.15, 0.2) is 0 Å². The largest absolute Gasteiger partial charge is 0.327 e. The molecule has 0 aromatic heterocycles. The van der Waals surface area contributed by atoms with Crippen molar-refractivity contribution < 1.29 is 0 Å². The van der Waals surface area contributed by atoms with Crippen molar-refractivity contribution in [2.24, 2.45) is 17.6 Å². The van der Waals surface area contributed by atoms with E-state index in [1.807, 2.05) is 0 Å². The Morgan fingerprint density at radius 1 is 1.13 bits per heavy atom. The molecule has 0 amide bonds. The first-order valence-electron chi connectivity index (χ1n) is 6.49. The van der Waals surface area contributed by atoms with Crippen molar-refractivity contribution in [2.45, 2.75) is 58.0 Å². The highest BCUT2D eigenvalue weighted by Crippen LogP contribution is 2.37. The highest BCUT2D eigenvalue weighted by atomic mass is 15.2. The van der Waals surface area contributed by atoms with E-state index < -0.39 is 0 Å². The molecule has 1 saturated heterocycles. The molecule has 2 heteroatoms. The summed E-state index contributed by atoms with van der Waals surface area (Å²) in [6, 6.07) is 0.492. The van der Waals surface area contributed by atoms with Crippen LogP contribution in [-0.4, -0.2) is 29.6 Å². The van der Waals surface area contributed by atoms with Crippen molar-refractivity contribution in [2.75, 3.05) is 13.1 Å². The van der Waals surface area contributed by atoms with Gasteiger partial charge in [0.1, 0.15) is 0 Å². The summed E-state index contributed by atoms with van der Waals surface area (Å²) in [5, 5.41) is 0. The molecule has 1 heterocycles. The van der Waals surface area contributed by atoms with E-state index >= 15 is 0 Å². The second kappa shape index (κ2) is 4.06. The number of hydrogen-bond donors (Lipinski definition) is 1. The number of likely N-dealkylation sites (tertiary alicyclic amines) is 1. The number of nitrogens with two attached hydrogens (primary N) is 1. The van der Waals surface area contributed by atoms with Gasteiger partial charge in [-0.25, -0.2) is 0 Å². The summed E-state index contributed by atoms with van der Waals surface area (Å²) < 4.78 is 0. The zero-order valence-corrected chi connectivity index (χ0v) is 10.5.